The number of nitrogens with one attached hydrogen (secondary N) is 1. The molecule has 0 spiro atoms. The first-order valence-corrected chi connectivity index (χ1v) is 5.08. The number of anilines is 2. The van der Waals surface area contributed by atoms with Crippen molar-refractivity contribution >= 4 is 23.0 Å². The van der Waals surface area contributed by atoms with Crippen LogP contribution in [-0.2, 0) is 4.74 Å². The molecule has 2 rings (SSSR count). The van der Waals surface area contributed by atoms with Crippen LogP contribution in [0.4, 0.5) is 11.4 Å². The number of hydrogen-bond donors (Lipinski definition) is 2. The van der Waals surface area contributed by atoms with Gasteiger partial charge in [-0.25, -0.2) is 0 Å². The summed E-state index contributed by atoms with van der Waals surface area (Å²) in [6, 6.07) is 7.81. The van der Waals surface area contributed by atoms with Crippen molar-refractivity contribution in [3.05, 3.63) is 24.3 Å². The normalized spacial score (nSPS) is 26.4. The van der Waals surface area contributed by atoms with Crippen LogP contribution in [0.3, 0.4) is 0 Å². The van der Waals surface area contributed by atoms with Gasteiger partial charge in [0.25, 0.3) is 0 Å². The van der Waals surface area contributed by atoms with Gasteiger partial charge in [0.05, 0.1) is 24.0 Å². The molecule has 1 aromatic carbocycles. The summed E-state index contributed by atoms with van der Waals surface area (Å²) in [6.07, 6.45) is 0.919. The lowest BCUT2D eigenvalue weighted by atomic mass is 10.2. The number of benzene rings is 1. The summed E-state index contributed by atoms with van der Waals surface area (Å²) in [4.78, 5) is 0. The Morgan fingerprint density at radius 2 is 2.21 bits per heavy atom. The highest BCUT2D eigenvalue weighted by Crippen LogP contribution is 2.24. The third-order valence-electron chi connectivity index (χ3n) is 2.32. The summed E-state index contributed by atoms with van der Waals surface area (Å²) >= 11 is 5.95. The molecule has 2 atom stereocenters. The van der Waals surface area contributed by atoms with Crippen molar-refractivity contribution in [1.29, 1.82) is 0 Å². The summed E-state index contributed by atoms with van der Waals surface area (Å²) in [6.45, 7) is 0.707. The summed E-state index contributed by atoms with van der Waals surface area (Å²) in [5.41, 5.74) is 7.21. The minimum Gasteiger partial charge on any atom is -0.397 e. The molecule has 1 heterocycles. The van der Waals surface area contributed by atoms with Crippen molar-refractivity contribution in [2.75, 3.05) is 17.7 Å². The molecule has 1 aliphatic heterocycles. The van der Waals surface area contributed by atoms with E-state index in [2.05, 4.69) is 5.32 Å². The van der Waals surface area contributed by atoms with Gasteiger partial charge >= 0.3 is 0 Å². The number of para-hydroxylation sites is 2. The molecule has 1 aliphatic rings. The van der Waals surface area contributed by atoms with Crippen LogP contribution in [0.25, 0.3) is 0 Å². The van der Waals surface area contributed by atoms with Gasteiger partial charge in [-0.15, -0.1) is 0 Å². The maximum Gasteiger partial charge on any atom is 0.151 e. The second kappa shape index (κ2) is 4.07. The third-order valence-corrected chi connectivity index (χ3v) is 2.75. The number of hydrogen-bond acceptors (Lipinski definition) is 3. The highest BCUT2D eigenvalue weighted by atomic mass is 35.5. The van der Waals surface area contributed by atoms with E-state index in [0.717, 1.165) is 17.8 Å². The molecule has 0 radical (unpaired) electrons. The molecule has 1 fully saturated rings. The second-order valence-corrected chi connectivity index (χ2v) is 3.78. The third kappa shape index (κ3) is 1.94. The molecule has 0 bridgehead atoms. The van der Waals surface area contributed by atoms with Crippen molar-refractivity contribution in [3.8, 4) is 0 Å². The monoisotopic (exact) mass is 212 g/mol. The smallest absolute Gasteiger partial charge is 0.151 e. The van der Waals surface area contributed by atoms with Crippen molar-refractivity contribution in [1.82, 2.24) is 0 Å². The Morgan fingerprint density at radius 3 is 2.86 bits per heavy atom. The fourth-order valence-electron chi connectivity index (χ4n) is 1.52. The number of rotatable bonds is 2. The number of nitrogen functional groups attached to an aromatic ring is 1. The molecule has 3 nitrogen and oxygen atoms in total. The van der Waals surface area contributed by atoms with Crippen LogP contribution in [0, 0.1) is 0 Å². The first-order chi connectivity index (χ1) is 6.77. The SMILES string of the molecule is Nc1ccccc1NC1CCOC1Cl. The number of alkyl halides is 1. The Balaban J connectivity index is 2.07. The molecular formula is C10H13ClN2O. The van der Waals surface area contributed by atoms with E-state index in [1.165, 1.54) is 0 Å². The number of halogens is 1. The standard InChI is InChI=1S/C10H13ClN2O/c11-10-9(5-6-14-10)13-8-4-2-1-3-7(8)12/h1-4,9-10,13H,5-6,12H2. The molecule has 14 heavy (non-hydrogen) atoms. The van der Waals surface area contributed by atoms with E-state index in [1.807, 2.05) is 24.3 Å². The summed E-state index contributed by atoms with van der Waals surface area (Å²) < 4.78 is 5.24. The molecule has 1 saturated heterocycles. The van der Waals surface area contributed by atoms with E-state index in [-0.39, 0.29) is 11.6 Å². The zero-order valence-corrected chi connectivity index (χ0v) is 8.50. The van der Waals surface area contributed by atoms with Gasteiger partial charge in [0.2, 0.25) is 0 Å². The first kappa shape index (κ1) is 9.62. The minimum atomic E-state index is -0.255. The predicted molar refractivity (Wildman–Crippen MR) is 58.5 cm³/mol. The van der Waals surface area contributed by atoms with Crippen LogP contribution in [0.2, 0.25) is 0 Å². The molecule has 1 aromatic rings. The summed E-state index contributed by atoms with van der Waals surface area (Å²) in [5.74, 6) is 0. The van der Waals surface area contributed by atoms with Crippen molar-refractivity contribution in [2.24, 2.45) is 0 Å². The summed E-state index contributed by atoms with van der Waals surface area (Å²) in [7, 11) is 0. The Morgan fingerprint density at radius 1 is 1.43 bits per heavy atom. The van der Waals surface area contributed by atoms with Gasteiger partial charge in [0.15, 0.2) is 5.56 Å². The van der Waals surface area contributed by atoms with Crippen LogP contribution < -0.4 is 11.1 Å². The molecule has 3 N–H and O–H groups in total. The Hall–Kier alpha value is -0.930. The lowest BCUT2D eigenvalue weighted by Gasteiger charge is -2.17. The molecule has 0 aromatic heterocycles. The van der Waals surface area contributed by atoms with E-state index in [0.29, 0.717) is 6.61 Å². The van der Waals surface area contributed by atoms with Crippen LogP contribution in [-0.4, -0.2) is 18.2 Å². The van der Waals surface area contributed by atoms with E-state index < -0.39 is 0 Å². The van der Waals surface area contributed by atoms with Crippen LogP contribution in [0.1, 0.15) is 6.42 Å². The minimum absolute atomic E-state index is 0.154. The lowest BCUT2D eigenvalue weighted by Crippen LogP contribution is -2.25. The fraction of sp³-hybridized carbons (Fsp3) is 0.400. The number of nitrogens with two attached hydrogens (primary N) is 1. The topological polar surface area (TPSA) is 47.3 Å². The van der Waals surface area contributed by atoms with Gasteiger partial charge in [0.1, 0.15) is 0 Å². The van der Waals surface area contributed by atoms with Crippen molar-refractivity contribution in [2.45, 2.75) is 18.0 Å². The van der Waals surface area contributed by atoms with E-state index in [1.54, 1.807) is 0 Å². The van der Waals surface area contributed by atoms with Crippen LogP contribution in [0.5, 0.6) is 0 Å². The highest BCUT2D eigenvalue weighted by molar-refractivity contribution is 6.20. The Kier molecular flexibility index (Phi) is 2.79. The van der Waals surface area contributed by atoms with Crippen LogP contribution in [0.15, 0.2) is 24.3 Å². The summed E-state index contributed by atoms with van der Waals surface area (Å²) in [5, 5.41) is 3.28. The number of ether oxygens (including phenoxy) is 1. The van der Waals surface area contributed by atoms with Gasteiger partial charge in [-0.2, -0.15) is 0 Å². The molecular weight excluding hydrogens is 200 g/mol. The Labute approximate surface area is 88.2 Å². The zero-order valence-electron chi connectivity index (χ0n) is 7.74. The fourth-order valence-corrected chi connectivity index (χ4v) is 1.80. The molecule has 0 amide bonds. The van der Waals surface area contributed by atoms with Crippen molar-refractivity contribution in [3.63, 3.8) is 0 Å². The highest BCUT2D eigenvalue weighted by Gasteiger charge is 2.26. The van der Waals surface area contributed by atoms with E-state index in [9.17, 15) is 0 Å². The van der Waals surface area contributed by atoms with E-state index >= 15 is 0 Å². The largest absolute Gasteiger partial charge is 0.397 e. The van der Waals surface area contributed by atoms with Crippen molar-refractivity contribution < 1.29 is 4.74 Å². The molecule has 0 saturated carbocycles. The zero-order chi connectivity index (χ0) is 9.97. The van der Waals surface area contributed by atoms with Gasteiger partial charge < -0.3 is 15.8 Å². The van der Waals surface area contributed by atoms with Crippen LogP contribution >= 0.6 is 11.6 Å². The quantitative estimate of drug-likeness (QED) is 0.583. The van der Waals surface area contributed by atoms with Gasteiger partial charge in [-0.3, -0.25) is 0 Å². The first-order valence-electron chi connectivity index (χ1n) is 4.64. The average Bonchev–Trinajstić information content (AvgIpc) is 2.56. The predicted octanol–water partition coefficient (Wildman–Crippen LogP) is 2.03. The van der Waals surface area contributed by atoms with Gasteiger partial charge in [-0.05, 0) is 18.6 Å². The van der Waals surface area contributed by atoms with Gasteiger partial charge in [0, 0.05) is 0 Å². The average molecular weight is 213 g/mol. The molecule has 2 unspecified atom stereocenters. The molecule has 76 valence electrons. The van der Waals surface area contributed by atoms with Gasteiger partial charge in [-0.1, -0.05) is 23.7 Å². The maximum absolute atomic E-state index is 5.95. The molecule has 4 heteroatoms. The molecule has 0 aliphatic carbocycles. The maximum atomic E-state index is 5.95. The van der Waals surface area contributed by atoms with E-state index in [4.69, 9.17) is 22.1 Å². The lowest BCUT2D eigenvalue weighted by molar-refractivity contribution is 0.165. The second-order valence-electron chi connectivity index (χ2n) is 3.35. The Bertz CT molecular complexity index is 319.